The minimum absolute atomic E-state index is 0.386. The number of hydrogen-bond donors (Lipinski definition) is 0. The molecule has 0 unspecified atom stereocenters. The molecule has 0 N–H and O–H groups in total. The quantitative estimate of drug-likeness (QED) is 0.570. The van der Waals surface area contributed by atoms with Crippen LogP contribution in [0.5, 0.6) is 0 Å². The van der Waals surface area contributed by atoms with Crippen LogP contribution in [0.1, 0.15) is 15.9 Å². The van der Waals surface area contributed by atoms with Crippen molar-refractivity contribution in [2.75, 3.05) is 0 Å². The van der Waals surface area contributed by atoms with Gasteiger partial charge in [-0.1, -0.05) is 18.2 Å². The lowest BCUT2D eigenvalue weighted by molar-refractivity contribution is 0.0653. The number of carbonyl (C=O) groups is 1. The molecule has 2 nitrogen and oxygen atoms in total. The van der Waals surface area contributed by atoms with Crippen molar-refractivity contribution in [2.24, 2.45) is 0 Å². The number of carbonyl (C=O) groups excluding carboxylic acids is 1. The van der Waals surface area contributed by atoms with Gasteiger partial charge in [0.05, 0.1) is 5.56 Å². The Morgan fingerprint density at radius 3 is 2.64 bits per heavy atom. The molecule has 11 heavy (non-hydrogen) atoms. The van der Waals surface area contributed by atoms with Crippen molar-refractivity contribution in [1.29, 1.82) is 0 Å². The van der Waals surface area contributed by atoms with Crippen LogP contribution in [0.3, 0.4) is 0 Å². The molecular formula is C9H9O2. The Kier molecular flexibility index (Phi) is 2.26. The fraction of sp³-hybridized carbons (Fsp3) is 0.111. The van der Waals surface area contributed by atoms with Crippen molar-refractivity contribution in [3.63, 3.8) is 0 Å². The van der Waals surface area contributed by atoms with Gasteiger partial charge >= 0.3 is 5.97 Å². The molecule has 0 aliphatic heterocycles. The SMILES string of the molecule is [CH2]OC(=O)c1ccccc1C. The molecule has 0 aliphatic carbocycles. The Morgan fingerprint density at radius 1 is 1.45 bits per heavy atom. The summed E-state index contributed by atoms with van der Waals surface area (Å²) >= 11 is 0. The van der Waals surface area contributed by atoms with Gasteiger partial charge in [-0.25, -0.2) is 4.79 Å². The first kappa shape index (κ1) is 7.79. The lowest BCUT2D eigenvalue weighted by Gasteiger charge is -2.00. The van der Waals surface area contributed by atoms with Crippen molar-refractivity contribution in [3.8, 4) is 0 Å². The zero-order chi connectivity index (χ0) is 8.27. The van der Waals surface area contributed by atoms with E-state index < -0.39 is 0 Å². The maximum atomic E-state index is 10.9. The smallest absolute Gasteiger partial charge is 0.338 e. The third-order valence-corrected chi connectivity index (χ3v) is 1.50. The summed E-state index contributed by atoms with van der Waals surface area (Å²) in [6, 6.07) is 7.23. The van der Waals surface area contributed by atoms with Crippen LogP contribution in [-0.4, -0.2) is 5.97 Å². The Labute approximate surface area is 65.8 Å². The van der Waals surface area contributed by atoms with Gasteiger partial charge in [-0.2, -0.15) is 0 Å². The van der Waals surface area contributed by atoms with Crippen LogP contribution in [0.4, 0.5) is 0 Å². The Morgan fingerprint density at radius 2 is 2.09 bits per heavy atom. The van der Waals surface area contributed by atoms with Gasteiger partial charge in [-0.15, -0.1) is 0 Å². The molecule has 1 aromatic carbocycles. The van der Waals surface area contributed by atoms with E-state index >= 15 is 0 Å². The number of rotatable bonds is 1. The molecular weight excluding hydrogens is 140 g/mol. The predicted molar refractivity (Wildman–Crippen MR) is 42.0 cm³/mol. The van der Waals surface area contributed by atoms with E-state index in [9.17, 15) is 4.79 Å². The summed E-state index contributed by atoms with van der Waals surface area (Å²) in [5, 5.41) is 0. The van der Waals surface area contributed by atoms with Gasteiger partial charge in [-0.3, -0.25) is 0 Å². The van der Waals surface area contributed by atoms with Crippen molar-refractivity contribution in [1.82, 2.24) is 0 Å². The molecule has 0 heterocycles. The molecule has 2 heteroatoms. The van der Waals surface area contributed by atoms with Crippen molar-refractivity contribution >= 4 is 5.97 Å². The van der Waals surface area contributed by atoms with Gasteiger partial charge < -0.3 is 4.74 Å². The third-order valence-electron chi connectivity index (χ3n) is 1.50. The van der Waals surface area contributed by atoms with E-state index in [1.54, 1.807) is 12.1 Å². The van der Waals surface area contributed by atoms with Gasteiger partial charge in [0.2, 0.25) is 0 Å². The maximum Gasteiger partial charge on any atom is 0.338 e. The summed E-state index contributed by atoms with van der Waals surface area (Å²) in [6.45, 7) is 1.85. The van der Waals surface area contributed by atoms with Gasteiger partial charge in [-0.05, 0) is 18.6 Å². The van der Waals surface area contributed by atoms with Gasteiger partial charge in [0.1, 0.15) is 7.11 Å². The molecule has 1 radical (unpaired) electrons. The van der Waals surface area contributed by atoms with Crippen LogP contribution in [-0.2, 0) is 4.74 Å². The van der Waals surface area contributed by atoms with Gasteiger partial charge in [0.25, 0.3) is 0 Å². The standard InChI is InChI=1S/C9H9O2/c1-7-5-3-4-6-8(7)9(10)11-2/h3-6H,2H2,1H3. The zero-order valence-electron chi connectivity index (χ0n) is 6.33. The summed E-state index contributed by atoms with van der Waals surface area (Å²) < 4.78 is 4.33. The summed E-state index contributed by atoms with van der Waals surface area (Å²) in [5.41, 5.74) is 1.48. The molecule has 1 rings (SSSR count). The second-order valence-corrected chi connectivity index (χ2v) is 2.25. The average Bonchev–Trinajstić information content (AvgIpc) is 2.04. The molecule has 0 aliphatic rings. The monoisotopic (exact) mass is 149 g/mol. The molecule has 0 bridgehead atoms. The first-order valence-corrected chi connectivity index (χ1v) is 3.27. The second kappa shape index (κ2) is 3.19. The highest BCUT2D eigenvalue weighted by Gasteiger charge is 2.06. The van der Waals surface area contributed by atoms with Crippen LogP contribution < -0.4 is 0 Å². The first-order chi connectivity index (χ1) is 5.25. The molecule has 57 valence electrons. The van der Waals surface area contributed by atoms with Crippen molar-refractivity contribution in [2.45, 2.75) is 6.92 Å². The van der Waals surface area contributed by atoms with Crippen molar-refractivity contribution in [3.05, 3.63) is 42.5 Å². The second-order valence-electron chi connectivity index (χ2n) is 2.25. The molecule has 0 saturated heterocycles. The highest BCUT2D eigenvalue weighted by molar-refractivity contribution is 5.90. The zero-order valence-corrected chi connectivity index (χ0v) is 6.33. The first-order valence-electron chi connectivity index (χ1n) is 3.27. The number of ether oxygens (including phenoxy) is 1. The van der Waals surface area contributed by atoms with Crippen molar-refractivity contribution < 1.29 is 9.53 Å². The van der Waals surface area contributed by atoms with Crippen LogP contribution in [0.2, 0.25) is 0 Å². The normalized spacial score (nSPS) is 9.27. The minimum atomic E-state index is -0.386. The fourth-order valence-corrected chi connectivity index (χ4v) is 0.880. The van der Waals surface area contributed by atoms with E-state index in [1.165, 1.54) is 0 Å². The van der Waals surface area contributed by atoms with E-state index in [1.807, 2.05) is 19.1 Å². The molecule has 0 atom stereocenters. The Bertz CT molecular complexity index is 266. The van der Waals surface area contributed by atoms with E-state index in [4.69, 9.17) is 0 Å². The van der Waals surface area contributed by atoms with E-state index in [2.05, 4.69) is 11.8 Å². The predicted octanol–water partition coefficient (Wildman–Crippen LogP) is 1.94. The number of aryl methyl sites for hydroxylation is 1. The molecule has 0 spiro atoms. The summed E-state index contributed by atoms with van der Waals surface area (Å²) in [6.07, 6.45) is 0. The fourth-order valence-electron chi connectivity index (χ4n) is 0.880. The molecule has 0 amide bonds. The Hall–Kier alpha value is -1.31. The van der Waals surface area contributed by atoms with E-state index in [-0.39, 0.29) is 5.97 Å². The van der Waals surface area contributed by atoms with Crippen LogP contribution >= 0.6 is 0 Å². The molecule has 1 aromatic rings. The average molecular weight is 149 g/mol. The molecule has 0 saturated carbocycles. The van der Waals surface area contributed by atoms with Crippen LogP contribution in [0.25, 0.3) is 0 Å². The highest BCUT2D eigenvalue weighted by Crippen LogP contribution is 2.07. The highest BCUT2D eigenvalue weighted by atomic mass is 16.5. The molecule has 0 aromatic heterocycles. The largest absolute Gasteiger partial charge is 0.458 e. The van der Waals surface area contributed by atoms with Gasteiger partial charge in [0, 0.05) is 0 Å². The lowest BCUT2D eigenvalue weighted by atomic mass is 10.1. The van der Waals surface area contributed by atoms with Gasteiger partial charge in [0.15, 0.2) is 0 Å². The number of benzene rings is 1. The lowest BCUT2D eigenvalue weighted by Crippen LogP contribution is -2.01. The number of hydrogen-bond acceptors (Lipinski definition) is 2. The Balaban J connectivity index is 3.03. The van der Waals surface area contributed by atoms with E-state index in [0.29, 0.717) is 5.56 Å². The molecule has 0 fully saturated rings. The minimum Gasteiger partial charge on any atom is -0.458 e. The number of esters is 1. The third kappa shape index (κ3) is 1.58. The van der Waals surface area contributed by atoms with Crippen LogP contribution in [0.15, 0.2) is 24.3 Å². The summed E-state index contributed by atoms with van der Waals surface area (Å²) in [5.74, 6) is -0.386. The van der Waals surface area contributed by atoms with E-state index in [0.717, 1.165) is 5.56 Å². The topological polar surface area (TPSA) is 26.3 Å². The summed E-state index contributed by atoms with van der Waals surface area (Å²) in [4.78, 5) is 10.9. The summed E-state index contributed by atoms with van der Waals surface area (Å²) in [7, 11) is 3.05. The maximum absolute atomic E-state index is 10.9. The van der Waals surface area contributed by atoms with Crippen LogP contribution in [0, 0.1) is 14.0 Å².